The minimum Gasteiger partial charge on any atom is -0.394 e. The van der Waals surface area contributed by atoms with Crippen molar-refractivity contribution in [2.24, 2.45) is 0 Å². The molecule has 0 spiro atoms. The fourth-order valence-corrected chi connectivity index (χ4v) is 2.28. The van der Waals surface area contributed by atoms with E-state index in [9.17, 15) is 4.79 Å². The Hall–Kier alpha value is -1.39. The first-order valence-corrected chi connectivity index (χ1v) is 7.04. The number of nitrogens with one attached hydrogen (secondary N) is 1. The largest absolute Gasteiger partial charge is 0.394 e. The summed E-state index contributed by atoms with van der Waals surface area (Å²) in [6.45, 7) is 1.89. The van der Waals surface area contributed by atoms with Gasteiger partial charge in [-0.1, -0.05) is 35.0 Å². The van der Waals surface area contributed by atoms with Gasteiger partial charge in [-0.3, -0.25) is 4.79 Å². The zero-order valence-electron chi connectivity index (χ0n) is 10.7. The van der Waals surface area contributed by atoms with Crippen LogP contribution in [0, 0.1) is 0 Å². The number of amides is 1. The van der Waals surface area contributed by atoms with Gasteiger partial charge in [-0.15, -0.1) is 0 Å². The summed E-state index contributed by atoms with van der Waals surface area (Å²) < 4.78 is 1.02. The minimum atomic E-state index is -0.187. The van der Waals surface area contributed by atoms with E-state index in [-0.39, 0.29) is 18.6 Å². The first kappa shape index (κ1) is 14.0. The van der Waals surface area contributed by atoms with Gasteiger partial charge in [-0.25, -0.2) is 0 Å². The van der Waals surface area contributed by atoms with Crippen molar-refractivity contribution in [1.82, 2.24) is 5.32 Å². The van der Waals surface area contributed by atoms with Crippen LogP contribution in [-0.2, 0) is 0 Å². The molecule has 0 unspecified atom stereocenters. The van der Waals surface area contributed by atoms with Crippen LogP contribution in [0.3, 0.4) is 0 Å². The van der Waals surface area contributed by atoms with Crippen LogP contribution in [0.25, 0.3) is 10.8 Å². The number of rotatable bonds is 4. The first-order valence-electron chi connectivity index (χ1n) is 6.25. The molecule has 0 aliphatic heterocycles. The number of halogens is 1. The Kier molecular flexibility index (Phi) is 4.56. The van der Waals surface area contributed by atoms with Gasteiger partial charge in [-0.2, -0.15) is 0 Å². The van der Waals surface area contributed by atoms with E-state index in [1.165, 1.54) is 0 Å². The van der Waals surface area contributed by atoms with Crippen molar-refractivity contribution in [1.29, 1.82) is 0 Å². The summed E-state index contributed by atoms with van der Waals surface area (Å²) in [6, 6.07) is 11.3. The Balaban J connectivity index is 2.25. The van der Waals surface area contributed by atoms with Crippen LogP contribution in [0.1, 0.15) is 23.7 Å². The standard InChI is InChI=1S/C15H16BrNO2/c1-2-14(9-18)17-15(19)12-4-3-11-8-13(16)6-5-10(11)7-12/h3-8,14,18H,2,9H2,1H3,(H,17,19)/t14-/m1/s1. The summed E-state index contributed by atoms with van der Waals surface area (Å²) in [5.74, 6) is -0.147. The molecule has 0 saturated heterocycles. The molecule has 0 bridgehead atoms. The third kappa shape index (κ3) is 3.33. The second-order valence-corrected chi connectivity index (χ2v) is 5.38. The van der Waals surface area contributed by atoms with Crippen molar-refractivity contribution in [3.05, 3.63) is 46.4 Å². The van der Waals surface area contributed by atoms with E-state index in [0.29, 0.717) is 12.0 Å². The number of fused-ring (bicyclic) bond motifs is 1. The Bertz CT molecular complexity index is 594. The average Bonchev–Trinajstić information content (AvgIpc) is 2.43. The van der Waals surface area contributed by atoms with Crippen molar-refractivity contribution in [3.63, 3.8) is 0 Å². The summed E-state index contributed by atoms with van der Waals surface area (Å²) in [6.07, 6.45) is 0.711. The molecular weight excluding hydrogens is 306 g/mol. The summed E-state index contributed by atoms with van der Waals surface area (Å²) in [5, 5.41) is 14.0. The lowest BCUT2D eigenvalue weighted by Crippen LogP contribution is -2.36. The lowest BCUT2D eigenvalue weighted by Gasteiger charge is -2.14. The molecule has 0 radical (unpaired) electrons. The molecule has 1 atom stereocenters. The highest BCUT2D eigenvalue weighted by molar-refractivity contribution is 9.10. The van der Waals surface area contributed by atoms with Gasteiger partial charge in [0.25, 0.3) is 5.91 Å². The van der Waals surface area contributed by atoms with Gasteiger partial charge in [-0.05, 0) is 41.5 Å². The topological polar surface area (TPSA) is 49.3 Å². The predicted molar refractivity (Wildman–Crippen MR) is 80.3 cm³/mol. The van der Waals surface area contributed by atoms with Gasteiger partial charge in [0.15, 0.2) is 0 Å². The molecule has 2 N–H and O–H groups in total. The highest BCUT2D eigenvalue weighted by Gasteiger charge is 2.11. The molecule has 0 aliphatic carbocycles. The van der Waals surface area contributed by atoms with E-state index >= 15 is 0 Å². The molecule has 3 nitrogen and oxygen atoms in total. The second-order valence-electron chi connectivity index (χ2n) is 4.47. The fraction of sp³-hybridized carbons (Fsp3) is 0.267. The van der Waals surface area contributed by atoms with Crippen molar-refractivity contribution < 1.29 is 9.90 Å². The predicted octanol–water partition coefficient (Wildman–Crippen LogP) is 3.10. The number of carbonyl (C=O) groups is 1. The molecule has 1 amide bonds. The first-order chi connectivity index (χ1) is 9.13. The van der Waals surface area contributed by atoms with E-state index in [1.807, 2.05) is 37.3 Å². The number of aliphatic hydroxyl groups is 1. The molecule has 2 aromatic rings. The smallest absolute Gasteiger partial charge is 0.251 e. The molecule has 0 fully saturated rings. The van der Waals surface area contributed by atoms with Crippen LogP contribution < -0.4 is 5.32 Å². The van der Waals surface area contributed by atoms with E-state index in [4.69, 9.17) is 5.11 Å². The summed E-state index contributed by atoms with van der Waals surface area (Å²) in [4.78, 5) is 12.1. The summed E-state index contributed by atoms with van der Waals surface area (Å²) in [7, 11) is 0. The van der Waals surface area contributed by atoms with E-state index in [1.54, 1.807) is 6.07 Å². The maximum atomic E-state index is 12.1. The maximum Gasteiger partial charge on any atom is 0.251 e. The van der Waals surface area contributed by atoms with Crippen LogP contribution >= 0.6 is 15.9 Å². The monoisotopic (exact) mass is 321 g/mol. The van der Waals surface area contributed by atoms with Gasteiger partial charge >= 0.3 is 0 Å². The summed E-state index contributed by atoms with van der Waals surface area (Å²) in [5.41, 5.74) is 0.613. The normalized spacial score (nSPS) is 12.4. The highest BCUT2D eigenvalue weighted by atomic mass is 79.9. The van der Waals surface area contributed by atoms with Crippen LogP contribution in [0.15, 0.2) is 40.9 Å². The van der Waals surface area contributed by atoms with Crippen molar-refractivity contribution in [2.75, 3.05) is 6.61 Å². The third-order valence-electron chi connectivity index (χ3n) is 3.11. The molecule has 0 heterocycles. The zero-order chi connectivity index (χ0) is 13.8. The minimum absolute atomic E-state index is 0.0389. The van der Waals surface area contributed by atoms with E-state index < -0.39 is 0 Å². The lowest BCUT2D eigenvalue weighted by molar-refractivity contribution is 0.0915. The molecule has 2 rings (SSSR count). The Morgan fingerprint density at radius 3 is 2.63 bits per heavy atom. The summed E-state index contributed by atoms with van der Waals surface area (Å²) >= 11 is 3.42. The van der Waals surface area contributed by atoms with Crippen LogP contribution in [0.5, 0.6) is 0 Å². The Labute approximate surface area is 120 Å². The quantitative estimate of drug-likeness (QED) is 0.909. The molecule has 4 heteroatoms. The Morgan fingerprint density at radius 1 is 1.26 bits per heavy atom. The SMILES string of the molecule is CC[C@H](CO)NC(=O)c1ccc2cc(Br)ccc2c1. The zero-order valence-corrected chi connectivity index (χ0v) is 12.3. The molecule has 100 valence electrons. The van der Waals surface area contributed by atoms with Gasteiger partial charge in [0.1, 0.15) is 0 Å². The van der Waals surface area contributed by atoms with Crippen molar-refractivity contribution >= 4 is 32.6 Å². The molecule has 0 aliphatic rings. The van der Waals surface area contributed by atoms with Crippen LogP contribution in [0.2, 0.25) is 0 Å². The maximum absolute atomic E-state index is 12.1. The van der Waals surface area contributed by atoms with Gasteiger partial charge in [0.2, 0.25) is 0 Å². The molecule has 0 saturated carbocycles. The number of hydrogen-bond acceptors (Lipinski definition) is 2. The molecule has 0 aromatic heterocycles. The second kappa shape index (κ2) is 6.17. The molecule has 19 heavy (non-hydrogen) atoms. The van der Waals surface area contributed by atoms with E-state index in [0.717, 1.165) is 15.2 Å². The molecular formula is C15H16BrNO2. The van der Waals surface area contributed by atoms with Gasteiger partial charge in [0.05, 0.1) is 12.6 Å². The number of hydrogen-bond donors (Lipinski definition) is 2. The number of benzene rings is 2. The van der Waals surface area contributed by atoms with Crippen molar-refractivity contribution in [2.45, 2.75) is 19.4 Å². The fourth-order valence-electron chi connectivity index (χ4n) is 1.90. The third-order valence-corrected chi connectivity index (χ3v) is 3.61. The van der Waals surface area contributed by atoms with Crippen molar-refractivity contribution in [3.8, 4) is 0 Å². The number of carbonyl (C=O) groups excluding carboxylic acids is 1. The van der Waals surface area contributed by atoms with E-state index in [2.05, 4.69) is 21.2 Å². The van der Waals surface area contributed by atoms with Gasteiger partial charge in [0, 0.05) is 10.0 Å². The Morgan fingerprint density at radius 2 is 1.95 bits per heavy atom. The highest BCUT2D eigenvalue weighted by Crippen LogP contribution is 2.21. The van der Waals surface area contributed by atoms with Crippen LogP contribution in [-0.4, -0.2) is 23.7 Å². The lowest BCUT2D eigenvalue weighted by atomic mass is 10.1. The number of aliphatic hydroxyl groups excluding tert-OH is 1. The molecule has 2 aromatic carbocycles. The van der Waals surface area contributed by atoms with Crippen LogP contribution in [0.4, 0.5) is 0 Å². The average molecular weight is 322 g/mol. The van der Waals surface area contributed by atoms with Gasteiger partial charge < -0.3 is 10.4 Å².